The van der Waals surface area contributed by atoms with E-state index in [1.807, 2.05) is 0 Å². The van der Waals surface area contributed by atoms with Crippen molar-refractivity contribution in [1.29, 1.82) is 0 Å². The van der Waals surface area contributed by atoms with Gasteiger partial charge in [0.15, 0.2) is 0 Å². The molecule has 1 aromatic heterocycles. The molecule has 1 aliphatic heterocycles. The molecule has 2 heterocycles. The number of hydrogen-bond acceptors (Lipinski definition) is 5. The van der Waals surface area contributed by atoms with Gasteiger partial charge in [0.1, 0.15) is 18.1 Å². The Bertz CT molecular complexity index is 897. The van der Waals surface area contributed by atoms with E-state index in [-0.39, 0.29) is 48.0 Å². The predicted molar refractivity (Wildman–Crippen MR) is 107 cm³/mol. The zero-order valence-corrected chi connectivity index (χ0v) is 18.0. The first-order valence-electron chi connectivity index (χ1n) is 11.5. The number of alkyl halides is 3. The third kappa shape index (κ3) is 3.60. The summed E-state index contributed by atoms with van der Waals surface area (Å²) in [5, 5.41) is 8.62. The van der Waals surface area contributed by atoms with E-state index in [0.29, 0.717) is 13.0 Å². The third-order valence-corrected chi connectivity index (χ3v) is 8.10. The fraction of sp³-hybridized carbons (Fsp3) is 0.773. The predicted octanol–water partition coefficient (Wildman–Crippen LogP) is 2.27. The summed E-state index contributed by atoms with van der Waals surface area (Å²) in [4.78, 5) is 30.2. The van der Waals surface area contributed by atoms with E-state index in [0.717, 1.165) is 38.9 Å². The summed E-state index contributed by atoms with van der Waals surface area (Å²) in [7, 11) is 0. The lowest BCUT2D eigenvalue weighted by Gasteiger charge is -2.33. The van der Waals surface area contributed by atoms with Crippen LogP contribution in [0.5, 0.6) is 0 Å². The molecule has 7 nitrogen and oxygen atoms in total. The summed E-state index contributed by atoms with van der Waals surface area (Å²) in [5.41, 5.74) is -0.438. The Morgan fingerprint density at radius 1 is 1.22 bits per heavy atom. The molecule has 4 aliphatic rings. The number of oxazole rings is 1. The molecule has 32 heavy (non-hydrogen) atoms. The van der Waals surface area contributed by atoms with E-state index < -0.39 is 35.7 Å². The Morgan fingerprint density at radius 2 is 1.91 bits per heavy atom. The monoisotopic (exact) mass is 454 g/mol. The van der Waals surface area contributed by atoms with Crippen molar-refractivity contribution in [3.05, 3.63) is 17.8 Å². The SMILES string of the molecule is CC(F)(F)c1coc(CNC(=O)C2C(C(=O)N[C@H]3CCNC[C@@H]3F)C3CCC2C32CC2)n1. The highest BCUT2D eigenvalue weighted by Crippen LogP contribution is 2.74. The topological polar surface area (TPSA) is 96.3 Å². The van der Waals surface area contributed by atoms with Crippen LogP contribution in [0.4, 0.5) is 13.2 Å². The Kier molecular flexibility index (Phi) is 5.26. The van der Waals surface area contributed by atoms with Gasteiger partial charge in [0.2, 0.25) is 17.7 Å². The van der Waals surface area contributed by atoms with Gasteiger partial charge in [-0.2, -0.15) is 8.78 Å². The van der Waals surface area contributed by atoms with Gasteiger partial charge in [-0.15, -0.1) is 0 Å². The third-order valence-electron chi connectivity index (χ3n) is 8.10. The van der Waals surface area contributed by atoms with Gasteiger partial charge in [-0.05, 0) is 55.9 Å². The second-order valence-electron chi connectivity index (χ2n) is 9.93. The van der Waals surface area contributed by atoms with E-state index in [1.165, 1.54) is 0 Å². The van der Waals surface area contributed by atoms with E-state index in [9.17, 15) is 22.8 Å². The molecule has 4 fully saturated rings. The maximum absolute atomic E-state index is 14.3. The van der Waals surface area contributed by atoms with Crippen molar-refractivity contribution in [3.8, 4) is 0 Å². The molecular formula is C22H29F3N4O3. The van der Waals surface area contributed by atoms with Crippen LogP contribution in [-0.2, 0) is 22.1 Å². The highest BCUT2D eigenvalue weighted by Gasteiger charge is 2.71. The highest BCUT2D eigenvalue weighted by atomic mass is 19.3. The van der Waals surface area contributed by atoms with Crippen molar-refractivity contribution in [1.82, 2.24) is 20.9 Å². The van der Waals surface area contributed by atoms with Crippen LogP contribution in [0.25, 0.3) is 0 Å². The molecule has 10 heteroatoms. The van der Waals surface area contributed by atoms with Gasteiger partial charge in [-0.3, -0.25) is 9.59 Å². The van der Waals surface area contributed by atoms with Gasteiger partial charge in [-0.25, -0.2) is 9.37 Å². The van der Waals surface area contributed by atoms with Crippen molar-refractivity contribution in [2.45, 2.75) is 63.7 Å². The molecule has 176 valence electrons. The molecule has 0 aromatic carbocycles. The molecular weight excluding hydrogens is 425 g/mol. The number of nitrogens with one attached hydrogen (secondary N) is 3. The number of aromatic nitrogens is 1. The number of piperidine rings is 1. The van der Waals surface area contributed by atoms with Gasteiger partial charge < -0.3 is 20.4 Å². The second-order valence-corrected chi connectivity index (χ2v) is 9.93. The summed E-state index contributed by atoms with van der Waals surface area (Å²) < 4.78 is 46.1. The van der Waals surface area contributed by atoms with Crippen molar-refractivity contribution in [2.75, 3.05) is 13.1 Å². The number of halogens is 3. The molecule has 1 saturated heterocycles. The molecule has 1 aromatic rings. The molecule has 3 aliphatic carbocycles. The molecule has 1 spiro atoms. The van der Waals surface area contributed by atoms with Crippen molar-refractivity contribution < 1.29 is 27.2 Å². The van der Waals surface area contributed by atoms with Crippen molar-refractivity contribution in [3.63, 3.8) is 0 Å². The average molecular weight is 454 g/mol. The molecule has 4 unspecified atom stereocenters. The molecule has 6 atom stereocenters. The molecule has 5 rings (SSSR count). The maximum Gasteiger partial charge on any atom is 0.290 e. The first kappa shape index (κ1) is 21.7. The van der Waals surface area contributed by atoms with E-state index >= 15 is 0 Å². The average Bonchev–Trinajstić information content (AvgIpc) is 3.14. The number of carbonyl (C=O) groups excluding carboxylic acids is 2. The summed E-state index contributed by atoms with van der Waals surface area (Å²) in [6.07, 6.45) is 4.10. The van der Waals surface area contributed by atoms with Crippen LogP contribution in [-0.4, -0.2) is 42.1 Å². The quantitative estimate of drug-likeness (QED) is 0.613. The fourth-order valence-electron chi connectivity index (χ4n) is 6.50. The lowest BCUT2D eigenvalue weighted by Crippen LogP contribution is -2.54. The standard InChI is InChI=1S/C22H29F3N4O3/c1-21(24,25)15-10-32-16(29-15)9-27-19(30)17-11-2-3-12(22(11)5-6-22)18(17)20(31)28-14-4-7-26-8-13(14)23/h10-14,17-18,26H,2-9H2,1H3,(H,27,30)(H,28,31)/t11?,12?,13-,14-,17?,18?/m0/s1. The van der Waals surface area contributed by atoms with E-state index in [2.05, 4.69) is 20.9 Å². The first-order valence-corrected chi connectivity index (χ1v) is 11.5. The highest BCUT2D eigenvalue weighted by molar-refractivity contribution is 5.89. The molecule has 2 bridgehead atoms. The summed E-state index contributed by atoms with van der Waals surface area (Å²) in [5.74, 6) is -4.38. The zero-order chi connectivity index (χ0) is 22.7. The van der Waals surface area contributed by atoms with Crippen LogP contribution < -0.4 is 16.0 Å². The number of rotatable bonds is 6. The normalized spacial score (nSPS) is 35.1. The van der Waals surface area contributed by atoms with Gasteiger partial charge in [-0.1, -0.05) is 0 Å². The zero-order valence-electron chi connectivity index (χ0n) is 18.0. The first-order chi connectivity index (χ1) is 15.2. The minimum absolute atomic E-state index is 0.00450. The summed E-state index contributed by atoms with van der Waals surface area (Å²) >= 11 is 0. The Labute approximate surface area is 184 Å². The molecule has 3 N–H and O–H groups in total. The smallest absolute Gasteiger partial charge is 0.290 e. The van der Waals surface area contributed by atoms with Crippen LogP contribution in [0, 0.1) is 29.1 Å². The second kappa shape index (κ2) is 7.74. The summed E-state index contributed by atoms with van der Waals surface area (Å²) in [6, 6.07) is -0.539. The van der Waals surface area contributed by atoms with Gasteiger partial charge in [0.05, 0.1) is 24.4 Å². The van der Waals surface area contributed by atoms with Crippen LogP contribution >= 0.6 is 0 Å². The van der Waals surface area contributed by atoms with Gasteiger partial charge in [0, 0.05) is 13.5 Å². The Balaban J connectivity index is 1.29. The van der Waals surface area contributed by atoms with Crippen LogP contribution in [0.2, 0.25) is 0 Å². The van der Waals surface area contributed by atoms with Crippen LogP contribution in [0.15, 0.2) is 10.7 Å². The lowest BCUT2D eigenvalue weighted by molar-refractivity contribution is -0.138. The molecule has 0 radical (unpaired) electrons. The number of nitrogens with zero attached hydrogens (tertiary/aromatic N) is 1. The van der Waals surface area contributed by atoms with E-state index in [1.54, 1.807) is 0 Å². The van der Waals surface area contributed by atoms with Crippen molar-refractivity contribution >= 4 is 11.8 Å². The Morgan fingerprint density at radius 3 is 2.50 bits per heavy atom. The number of hydrogen-bond donors (Lipinski definition) is 3. The van der Waals surface area contributed by atoms with Crippen LogP contribution in [0.1, 0.15) is 50.6 Å². The van der Waals surface area contributed by atoms with Crippen LogP contribution in [0.3, 0.4) is 0 Å². The maximum atomic E-state index is 14.3. The molecule has 2 amide bonds. The fourth-order valence-corrected chi connectivity index (χ4v) is 6.50. The summed E-state index contributed by atoms with van der Waals surface area (Å²) in [6.45, 7) is 1.46. The number of carbonyl (C=O) groups is 2. The van der Waals surface area contributed by atoms with Gasteiger partial charge in [0.25, 0.3) is 5.92 Å². The van der Waals surface area contributed by atoms with Gasteiger partial charge >= 0.3 is 0 Å². The minimum Gasteiger partial charge on any atom is -0.447 e. The lowest BCUT2D eigenvalue weighted by atomic mass is 9.78. The largest absolute Gasteiger partial charge is 0.447 e. The minimum atomic E-state index is -3.12. The van der Waals surface area contributed by atoms with E-state index in [4.69, 9.17) is 4.42 Å². The van der Waals surface area contributed by atoms with Crippen molar-refractivity contribution in [2.24, 2.45) is 29.1 Å². The number of amides is 2. The Hall–Kier alpha value is -2.10. The molecule has 3 saturated carbocycles.